The second kappa shape index (κ2) is 53.4. The average Bonchev–Trinajstić information content (AvgIpc) is 3.54. The predicted molar refractivity (Wildman–Crippen MR) is 332 cm³/mol. The summed E-state index contributed by atoms with van der Waals surface area (Å²) in [5, 5.41) is 87.3. The zero-order valence-corrected chi connectivity index (χ0v) is 52.2. The van der Waals surface area contributed by atoms with Crippen LogP contribution in [-0.2, 0) is 23.7 Å². The van der Waals surface area contributed by atoms with Gasteiger partial charge in [-0.15, -0.1) is 0 Å². The molecule has 482 valence electrons. The molecule has 2 aliphatic heterocycles. The van der Waals surface area contributed by atoms with Gasteiger partial charge in [0, 0.05) is 6.42 Å². The third-order valence-corrected chi connectivity index (χ3v) is 16.8. The molecule has 0 aliphatic carbocycles. The van der Waals surface area contributed by atoms with Crippen molar-refractivity contribution >= 4 is 5.91 Å². The van der Waals surface area contributed by atoms with Crippen LogP contribution in [0.2, 0.25) is 0 Å². The Hall–Kier alpha value is -1.79. The minimum absolute atomic E-state index is 0.247. The Bertz CT molecular complexity index is 1510. The number of amides is 1. The summed E-state index contributed by atoms with van der Waals surface area (Å²) in [5.74, 6) is -0.247. The fourth-order valence-corrected chi connectivity index (χ4v) is 11.3. The van der Waals surface area contributed by atoms with Crippen LogP contribution in [0.4, 0.5) is 0 Å². The number of carbonyl (C=O) groups is 1. The summed E-state index contributed by atoms with van der Waals surface area (Å²) in [5.41, 5.74) is 0. The van der Waals surface area contributed by atoms with Crippen molar-refractivity contribution in [2.45, 2.75) is 370 Å². The summed E-state index contributed by atoms with van der Waals surface area (Å²) in [7, 11) is 0. The first-order chi connectivity index (χ1) is 40.1. The maximum absolute atomic E-state index is 13.3. The van der Waals surface area contributed by atoms with Crippen molar-refractivity contribution in [3.05, 3.63) is 36.5 Å². The summed E-state index contributed by atoms with van der Waals surface area (Å²) >= 11 is 0. The van der Waals surface area contributed by atoms with Crippen molar-refractivity contribution in [2.24, 2.45) is 0 Å². The lowest BCUT2D eigenvalue weighted by Crippen LogP contribution is -2.65. The number of nitrogens with one attached hydrogen (secondary N) is 1. The molecule has 9 N–H and O–H groups in total. The lowest BCUT2D eigenvalue weighted by Gasteiger charge is -2.46. The molecule has 0 bridgehead atoms. The quantitative estimate of drug-likeness (QED) is 0.0204. The van der Waals surface area contributed by atoms with Crippen LogP contribution >= 0.6 is 0 Å². The molecule has 0 radical (unpaired) electrons. The number of hydrogen-bond donors (Lipinski definition) is 9. The van der Waals surface area contributed by atoms with Gasteiger partial charge < -0.3 is 65.1 Å². The number of unbranched alkanes of at least 4 members (excludes halogenated alkanes) is 39. The van der Waals surface area contributed by atoms with Gasteiger partial charge >= 0.3 is 0 Å². The first kappa shape index (κ1) is 76.3. The van der Waals surface area contributed by atoms with Crippen LogP contribution in [0.15, 0.2) is 36.5 Å². The molecule has 2 heterocycles. The largest absolute Gasteiger partial charge is 0.394 e. The van der Waals surface area contributed by atoms with Crippen molar-refractivity contribution in [3.63, 3.8) is 0 Å². The SMILES string of the molecule is CCCCCCCCCCCC/C=C/CC/C=C/CC/C=C/C(O)C(COC1OC(CO)C(OC2OC(CO)C(O)C(O)C2O)C(O)C1O)NC(=O)CCCCCCCCCCCCCCCCCCCCCCCCCCCCCC. The van der Waals surface area contributed by atoms with Crippen molar-refractivity contribution in [1.82, 2.24) is 5.32 Å². The number of ether oxygens (including phenoxy) is 4. The third-order valence-electron chi connectivity index (χ3n) is 16.8. The fraction of sp³-hybridized carbons (Fsp3) is 0.897. The average molecular weight is 1170 g/mol. The fourth-order valence-electron chi connectivity index (χ4n) is 11.3. The molecular weight excluding hydrogens is 1040 g/mol. The molecule has 12 unspecified atom stereocenters. The molecule has 14 heteroatoms. The van der Waals surface area contributed by atoms with Crippen molar-refractivity contribution in [2.75, 3.05) is 19.8 Å². The second-order valence-electron chi connectivity index (χ2n) is 24.3. The van der Waals surface area contributed by atoms with Gasteiger partial charge in [0.15, 0.2) is 12.6 Å². The Morgan fingerprint density at radius 1 is 0.427 bits per heavy atom. The van der Waals surface area contributed by atoms with Crippen LogP contribution in [0.1, 0.15) is 296 Å². The van der Waals surface area contributed by atoms with Gasteiger partial charge in [0.05, 0.1) is 32.0 Å². The van der Waals surface area contributed by atoms with E-state index in [0.717, 1.165) is 44.9 Å². The Morgan fingerprint density at radius 2 is 0.780 bits per heavy atom. The molecule has 2 rings (SSSR count). The summed E-state index contributed by atoms with van der Waals surface area (Å²) in [6.07, 6.45) is 50.6. The minimum atomic E-state index is -1.79. The van der Waals surface area contributed by atoms with Gasteiger partial charge in [-0.3, -0.25) is 4.79 Å². The zero-order chi connectivity index (χ0) is 59.5. The van der Waals surface area contributed by atoms with Gasteiger partial charge in [-0.1, -0.05) is 281 Å². The van der Waals surface area contributed by atoms with Gasteiger partial charge in [-0.2, -0.15) is 0 Å². The van der Waals surface area contributed by atoms with E-state index in [1.807, 2.05) is 6.08 Å². The molecule has 0 saturated carbocycles. The van der Waals surface area contributed by atoms with Gasteiger partial charge in [0.2, 0.25) is 5.91 Å². The normalized spacial score (nSPS) is 24.1. The maximum atomic E-state index is 13.3. The molecule has 0 aromatic carbocycles. The standard InChI is InChI=1S/C68H127NO13/c1-3-5-7-9-11-13-15-17-19-21-23-25-26-27-28-29-30-31-32-34-36-38-40-42-44-46-48-50-52-60(73)69-56(57(72)51-49-47-45-43-41-39-37-35-33-24-22-20-18-16-14-12-10-8-6-4-2)55-79-67-65(78)63(76)66(59(54-71)81-67)82-68-64(77)62(75)61(74)58(53-70)80-68/h33,35,41,43,49,51,56-59,61-68,70-72,74-78H,3-32,34,36-40,42,44-48,50,52-55H2,1-2H3,(H,69,73)/b35-33+,43-41+,51-49+. The lowest BCUT2D eigenvalue weighted by molar-refractivity contribution is -0.359. The predicted octanol–water partition coefficient (Wildman–Crippen LogP) is 13.3. The van der Waals surface area contributed by atoms with Crippen molar-refractivity contribution in [1.29, 1.82) is 0 Å². The number of aliphatic hydroxyl groups is 8. The Balaban J connectivity index is 1.70. The molecular formula is C68H127NO13. The van der Waals surface area contributed by atoms with E-state index in [-0.39, 0.29) is 18.9 Å². The summed E-state index contributed by atoms with van der Waals surface area (Å²) < 4.78 is 22.8. The topological polar surface area (TPSA) is 228 Å². The first-order valence-electron chi connectivity index (χ1n) is 34.2. The molecule has 2 aliphatic rings. The molecule has 0 aromatic heterocycles. The van der Waals surface area contributed by atoms with Crippen LogP contribution in [0.25, 0.3) is 0 Å². The van der Waals surface area contributed by atoms with E-state index in [2.05, 4.69) is 43.5 Å². The summed E-state index contributed by atoms with van der Waals surface area (Å²) in [4.78, 5) is 13.3. The highest BCUT2D eigenvalue weighted by Gasteiger charge is 2.51. The Labute approximate surface area is 500 Å². The van der Waals surface area contributed by atoms with E-state index in [1.165, 1.54) is 218 Å². The van der Waals surface area contributed by atoms with Gasteiger partial charge in [-0.25, -0.2) is 0 Å². The van der Waals surface area contributed by atoms with Gasteiger partial charge in [0.25, 0.3) is 0 Å². The molecule has 2 saturated heterocycles. The highest BCUT2D eigenvalue weighted by atomic mass is 16.7. The van der Waals surface area contributed by atoms with Crippen molar-refractivity contribution < 1.29 is 64.6 Å². The lowest BCUT2D eigenvalue weighted by atomic mass is 9.97. The van der Waals surface area contributed by atoms with Crippen molar-refractivity contribution in [3.8, 4) is 0 Å². The summed E-state index contributed by atoms with van der Waals surface area (Å²) in [6.45, 7) is 2.81. The molecule has 12 atom stereocenters. The smallest absolute Gasteiger partial charge is 0.220 e. The molecule has 0 aromatic rings. The van der Waals surface area contributed by atoms with E-state index in [9.17, 15) is 45.6 Å². The number of hydrogen-bond acceptors (Lipinski definition) is 13. The van der Waals surface area contributed by atoms with Crippen LogP contribution in [0, 0.1) is 0 Å². The van der Waals surface area contributed by atoms with Crippen LogP contribution in [-0.4, -0.2) is 140 Å². The Kier molecular flexibility index (Phi) is 49.7. The van der Waals surface area contributed by atoms with E-state index >= 15 is 0 Å². The number of allylic oxidation sites excluding steroid dienone is 5. The second-order valence-corrected chi connectivity index (χ2v) is 24.3. The molecule has 2 fully saturated rings. The number of carbonyl (C=O) groups excluding carboxylic acids is 1. The maximum Gasteiger partial charge on any atom is 0.220 e. The molecule has 0 spiro atoms. The van der Waals surface area contributed by atoms with E-state index in [1.54, 1.807) is 6.08 Å². The Morgan fingerprint density at radius 3 is 1.20 bits per heavy atom. The zero-order valence-electron chi connectivity index (χ0n) is 52.2. The number of aliphatic hydroxyl groups excluding tert-OH is 8. The van der Waals surface area contributed by atoms with Crippen LogP contribution in [0.3, 0.4) is 0 Å². The van der Waals surface area contributed by atoms with Gasteiger partial charge in [0.1, 0.15) is 48.8 Å². The van der Waals surface area contributed by atoms with Crippen LogP contribution in [0.5, 0.6) is 0 Å². The highest BCUT2D eigenvalue weighted by molar-refractivity contribution is 5.76. The minimum Gasteiger partial charge on any atom is -0.394 e. The third kappa shape index (κ3) is 37.7. The molecule has 14 nitrogen and oxygen atoms in total. The van der Waals surface area contributed by atoms with E-state index in [4.69, 9.17) is 18.9 Å². The van der Waals surface area contributed by atoms with Crippen LogP contribution < -0.4 is 5.32 Å². The van der Waals surface area contributed by atoms with E-state index < -0.39 is 86.8 Å². The number of rotatable bonds is 56. The monoisotopic (exact) mass is 1170 g/mol. The highest BCUT2D eigenvalue weighted by Crippen LogP contribution is 2.30. The first-order valence-corrected chi connectivity index (χ1v) is 34.2. The van der Waals surface area contributed by atoms with E-state index in [0.29, 0.717) is 12.8 Å². The summed E-state index contributed by atoms with van der Waals surface area (Å²) in [6, 6.07) is -0.936. The molecule has 82 heavy (non-hydrogen) atoms. The molecule has 1 amide bonds. The van der Waals surface area contributed by atoms with Gasteiger partial charge in [-0.05, 0) is 44.9 Å².